The lowest BCUT2D eigenvalue weighted by Gasteiger charge is -2.37. The number of nitrogens with one attached hydrogen (secondary N) is 2. The van der Waals surface area contributed by atoms with Crippen LogP contribution >= 0.6 is 11.6 Å². The quantitative estimate of drug-likeness (QED) is 0.235. The molecule has 4 atom stereocenters. The number of ether oxygens (including phenoxy) is 1. The zero-order valence-electron chi connectivity index (χ0n) is 21.4. The second kappa shape index (κ2) is 12.2. The van der Waals surface area contributed by atoms with Crippen molar-refractivity contribution < 1.29 is 34.1 Å². The molecule has 1 aliphatic carbocycles. The molecule has 10 nitrogen and oxygen atoms in total. The van der Waals surface area contributed by atoms with E-state index in [-0.39, 0.29) is 10.9 Å². The van der Waals surface area contributed by atoms with Crippen LogP contribution in [0.25, 0.3) is 0 Å². The van der Waals surface area contributed by atoms with Crippen LogP contribution in [-0.2, 0) is 19.2 Å². The Hall–Kier alpha value is -2.69. The molecule has 11 heteroatoms. The molecule has 1 saturated heterocycles. The minimum absolute atomic E-state index is 0.264. The van der Waals surface area contributed by atoms with E-state index in [2.05, 4.69) is 10.6 Å². The Bertz CT molecular complexity index is 1010. The van der Waals surface area contributed by atoms with E-state index in [1.165, 1.54) is 4.90 Å². The highest BCUT2D eigenvalue weighted by molar-refractivity contribution is 6.32. The third-order valence-corrected chi connectivity index (χ3v) is 7.03. The van der Waals surface area contributed by atoms with Gasteiger partial charge in [-0.25, -0.2) is 0 Å². The molecule has 3 rings (SSSR count). The first-order valence-corrected chi connectivity index (χ1v) is 12.9. The molecule has 0 spiro atoms. The lowest BCUT2D eigenvalue weighted by molar-refractivity contribution is -0.144. The van der Waals surface area contributed by atoms with Gasteiger partial charge in [-0.15, -0.1) is 0 Å². The summed E-state index contributed by atoms with van der Waals surface area (Å²) in [6.07, 6.45) is 1.74. The summed E-state index contributed by atoms with van der Waals surface area (Å²) < 4.78 is 5.81. The molecule has 4 N–H and O–H groups in total. The third-order valence-electron chi connectivity index (χ3n) is 6.62. The number of carbonyl (C=O) groups excluding carboxylic acids is 3. The number of nitrogens with zero attached hydrogens (tertiary/aromatic N) is 1. The smallest absolute Gasteiger partial charge is 0.305 e. The fourth-order valence-electron chi connectivity index (χ4n) is 4.35. The molecular formula is C26H36ClN3O7. The monoisotopic (exact) mass is 537 g/mol. The zero-order valence-corrected chi connectivity index (χ0v) is 22.2. The number of carboxylic acids is 1. The SMILES string of the molecule is CC(C)(C)[C@H](NC(O)c1cccc(OCC2CC2)c1Cl)C(=O)N1CCC[C@H]1C(=O)N[C@H](C=O)CC(=O)O. The van der Waals surface area contributed by atoms with Crippen LogP contribution in [-0.4, -0.2) is 70.5 Å². The topological polar surface area (TPSA) is 145 Å². The van der Waals surface area contributed by atoms with Crippen LogP contribution in [0.3, 0.4) is 0 Å². The highest BCUT2D eigenvalue weighted by atomic mass is 35.5. The summed E-state index contributed by atoms with van der Waals surface area (Å²) >= 11 is 6.53. The van der Waals surface area contributed by atoms with E-state index >= 15 is 0 Å². The van der Waals surface area contributed by atoms with Crippen LogP contribution in [0.15, 0.2) is 18.2 Å². The standard InChI is InChI=1S/C26H36ClN3O7/c1-26(2,3)22(29-23(34)17-6-4-8-19(21(17)27)37-14-15-9-10-15)25(36)30-11-5-7-18(30)24(35)28-16(13-31)12-20(32)33/h4,6,8,13,15-16,18,22-23,29,34H,5,7,9-12,14H2,1-3H3,(H,28,35)(H,32,33)/t16-,18-,22+,23?/m0/s1. The summed E-state index contributed by atoms with van der Waals surface area (Å²) in [5.41, 5.74) is -0.279. The van der Waals surface area contributed by atoms with Gasteiger partial charge < -0.3 is 30.0 Å². The van der Waals surface area contributed by atoms with Crippen LogP contribution in [0.5, 0.6) is 5.75 Å². The van der Waals surface area contributed by atoms with Crippen molar-refractivity contribution in [2.75, 3.05) is 13.2 Å². The number of rotatable bonds is 12. The van der Waals surface area contributed by atoms with Crippen LogP contribution in [0.4, 0.5) is 0 Å². The van der Waals surface area contributed by atoms with E-state index < -0.39 is 48.1 Å². The van der Waals surface area contributed by atoms with Gasteiger partial charge in [-0.05, 0) is 43.1 Å². The second-order valence-electron chi connectivity index (χ2n) is 10.8. The number of aliphatic carboxylic acids is 1. The average Bonchev–Trinajstić information content (AvgIpc) is 3.52. The minimum Gasteiger partial charge on any atom is -0.492 e. The van der Waals surface area contributed by atoms with E-state index in [1.807, 2.05) is 20.8 Å². The first-order chi connectivity index (χ1) is 17.4. The van der Waals surface area contributed by atoms with E-state index in [9.17, 15) is 24.3 Å². The fourth-order valence-corrected chi connectivity index (χ4v) is 4.63. The van der Waals surface area contributed by atoms with Crippen LogP contribution < -0.4 is 15.4 Å². The molecule has 37 heavy (non-hydrogen) atoms. The van der Waals surface area contributed by atoms with E-state index in [0.29, 0.717) is 49.5 Å². The minimum atomic E-state index is -1.28. The molecule has 1 heterocycles. The number of halogens is 1. The molecular weight excluding hydrogens is 502 g/mol. The molecule has 0 aromatic heterocycles. The number of aliphatic hydroxyl groups is 1. The van der Waals surface area contributed by atoms with Crippen LogP contribution in [0.1, 0.15) is 64.7 Å². The Balaban J connectivity index is 1.74. The number of hydrogen-bond acceptors (Lipinski definition) is 7. The molecule has 204 valence electrons. The molecule has 2 fully saturated rings. The fraction of sp³-hybridized carbons (Fsp3) is 0.615. The summed E-state index contributed by atoms with van der Waals surface area (Å²) in [4.78, 5) is 50.1. The van der Waals surface area contributed by atoms with Crippen molar-refractivity contribution in [3.8, 4) is 5.75 Å². The molecule has 0 radical (unpaired) electrons. The van der Waals surface area contributed by atoms with E-state index in [0.717, 1.165) is 12.8 Å². The number of aldehydes is 1. The lowest BCUT2D eigenvalue weighted by Crippen LogP contribution is -2.57. The largest absolute Gasteiger partial charge is 0.492 e. The molecule has 1 aromatic carbocycles. The molecule has 0 bridgehead atoms. The predicted molar refractivity (Wildman–Crippen MR) is 136 cm³/mol. The second-order valence-corrected chi connectivity index (χ2v) is 11.2. The van der Waals surface area contributed by atoms with Gasteiger partial charge in [0.15, 0.2) is 0 Å². The maximum atomic E-state index is 13.7. The maximum absolute atomic E-state index is 13.7. The Kier molecular flexibility index (Phi) is 9.55. The van der Waals surface area contributed by atoms with Crippen molar-refractivity contribution in [2.45, 2.75) is 77.2 Å². The maximum Gasteiger partial charge on any atom is 0.305 e. The van der Waals surface area contributed by atoms with Gasteiger partial charge in [-0.3, -0.25) is 19.7 Å². The lowest BCUT2D eigenvalue weighted by atomic mass is 9.85. The summed E-state index contributed by atoms with van der Waals surface area (Å²) in [7, 11) is 0. The van der Waals surface area contributed by atoms with E-state index in [4.69, 9.17) is 21.4 Å². The average molecular weight is 538 g/mol. The molecule has 1 aromatic rings. The van der Waals surface area contributed by atoms with Crippen molar-refractivity contribution in [3.63, 3.8) is 0 Å². The van der Waals surface area contributed by atoms with Crippen LogP contribution in [0, 0.1) is 11.3 Å². The Morgan fingerprint density at radius 2 is 1.95 bits per heavy atom. The Morgan fingerprint density at radius 3 is 2.54 bits per heavy atom. The first kappa shape index (κ1) is 28.9. The highest BCUT2D eigenvalue weighted by Crippen LogP contribution is 2.35. The number of carboxylic acid groups (broad SMARTS) is 1. The molecule has 1 aliphatic heterocycles. The number of aliphatic hydroxyl groups excluding tert-OH is 1. The number of hydrogen-bond donors (Lipinski definition) is 4. The first-order valence-electron chi connectivity index (χ1n) is 12.6. The van der Waals surface area contributed by atoms with Gasteiger partial charge in [0, 0.05) is 12.1 Å². The Morgan fingerprint density at radius 1 is 1.24 bits per heavy atom. The molecule has 2 aliphatic rings. The third kappa shape index (κ3) is 7.66. The van der Waals surface area contributed by atoms with Gasteiger partial charge in [0.05, 0.1) is 30.1 Å². The van der Waals surface area contributed by atoms with Crippen molar-refractivity contribution in [1.82, 2.24) is 15.5 Å². The Labute approximate surface area is 221 Å². The summed E-state index contributed by atoms with van der Waals surface area (Å²) in [5.74, 6) is -1.19. The summed E-state index contributed by atoms with van der Waals surface area (Å²) in [6, 6.07) is 2.19. The normalized spacial score (nSPS) is 20.1. The zero-order chi connectivity index (χ0) is 27.3. The van der Waals surface area contributed by atoms with Gasteiger partial charge in [-0.2, -0.15) is 0 Å². The number of benzene rings is 1. The van der Waals surface area contributed by atoms with Crippen LogP contribution in [0.2, 0.25) is 5.02 Å². The van der Waals surface area contributed by atoms with Crippen molar-refractivity contribution in [2.24, 2.45) is 11.3 Å². The molecule has 1 saturated carbocycles. The summed E-state index contributed by atoms with van der Waals surface area (Å²) in [6.45, 7) is 6.40. The van der Waals surface area contributed by atoms with Gasteiger partial charge in [0.1, 0.15) is 24.3 Å². The van der Waals surface area contributed by atoms with Crippen molar-refractivity contribution in [3.05, 3.63) is 28.8 Å². The van der Waals surface area contributed by atoms with Crippen molar-refractivity contribution in [1.29, 1.82) is 0 Å². The molecule has 2 amide bonds. The molecule has 1 unspecified atom stereocenters. The van der Waals surface area contributed by atoms with E-state index in [1.54, 1.807) is 18.2 Å². The van der Waals surface area contributed by atoms with Gasteiger partial charge in [-0.1, -0.05) is 44.5 Å². The van der Waals surface area contributed by atoms with Gasteiger partial charge in [0.25, 0.3) is 0 Å². The number of likely N-dealkylation sites (tertiary alicyclic amines) is 1. The number of amides is 2. The van der Waals surface area contributed by atoms with Crippen molar-refractivity contribution >= 4 is 35.7 Å². The highest BCUT2D eigenvalue weighted by Gasteiger charge is 2.42. The van der Waals surface area contributed by atoms with Gasteiger partial charge in [0.2, 0.25) is 11.8 Å². The number of carbonyl (C=O) groups is 4. The summed E-state index contributed by atoms with van der Waals surface area (Å²) in [5, 5.41) is 25.7. The van der Waals surface area contributed by atoms with Gasteiger partial charge >= 0.3 is 5.97 Å². The predicted octanol–water partition coefficient (Wildman–Crippen LogP) is 2.27.